The molecular weight excluding hydrogens is 381 g/mol. The number of halogens is 2. The summed E-state index contributed by atoms with van der Waals surface area (Å²) in [5.74, 6) is 0. The van der Waals surface area contributed by atoms with E-state index >= 15 is 0 Å². The Bertz CT molecular complexity index is 599. The number of nitrogens with two attached hydrogens (primary N) is 1. The fourth-order valence-electron chi connectivity index (χ4n) is 2.12. The van der Waals surface area contributed by atoms with Crippen LogP contribution in [-0.4, -0.2) is 0 Å². The van der Waals surface area contributed by atoms with E-state index in [-0.39, 0.29) is 11.5 Å². The van der Waals surface area contributed by atoms with Crippen molar-refractivity contribution in [1.29, 1.82) is 0 Å². The summed E-state index contributed by atoms with van der Waals surface area (Å²) in [6, 6.07) is 14.2. The Hall–Kier alpha value is -0.580. The van der Waals surface area contributed by atoms with E-state index in [4.69, 9.17) is 17.3 Å². The highest BCUT2D eigenvalue weighted by molar-refractivity contribution is 14.1. The smallest absolute Gasteiger partial charge is 0.0562 e. The van der Waals surface area contributed by atoms with Gasteiger partial charge in [0.25, 0.3) is 0 Å². The van der Waals surface area contributed by atoms with E-state index in [1.807, 2.05) is 18.2 Å². The fraction of sp³-hybridized carbons (Fsp3) is 0.294. The van der Waals surface area contributed by atoms with Gasteiger partial charge < -0.3 is 5.73 Å². The third kappa shape index (κ3) is 3.54. The predicted octanol–water partition coefficient (Wildman–Crippen LogP) is 5.29. The second kappa shape index (κ2) is 6.04. The first kappa shape index (κ1) is 15.8. The zero-order chi connectivity index (χ0) is 14.9. The SMILES string of the molecule is CC(C)(C)c1ccc(C(N)c2cc(Cl)ccc2I)cc1. The normalized spacial score (nSPS) is 13.3. The summed E-state index contributed by atoms with van der Waals surface area (Å²) in [6.07, 6.45) is 0. The van der Waals surface area contributed by atoms with Crippen LogP contribution >= 0.6 is 34.2 Å². The van der Waals surface area contributed by atoms with Crippen molar-refractivity contribution in [3.05, 3.63) is 67.7 Å². The summed E-state index contributed by atoms with van der Waals surface area (Å²) < 4.78 is 1.14. The van der Waals surface area contributed by atoms with Crippen LogP contribution in [0.4, 0.5) is 0 Å². The van der Waals surface area contributed by atoms with Crippen LogP contribution in [0.1, 0.15) is 43.5 Å². The molecule has 0 fully saturated rings. The van der Waals surface area contributed by atoms with Gasteiger partial charge in [0.05, 0.1) is 6.04 Å². The van der Waals surface area contributed by atoms with Gasteiger partial charge in [-0.15, -0.1) is 0 Å². The molecule has 2 rings (SSSR count). The van der Waals surface area contributed by atoms with Crippen LogP contribution in [0, 0.1) is 3.57 Å². The molecule has 0 heterocycles. The summed E-state index contributed by atoms with van der Waals surface area (Å²) in [6.45, 7) is 6.63. The van der Waals surface area contributed by atoms with E-state index in [0.717, 1.165) is 19.7 Å². The van der Waals surface area contributed by atoms with E-state index in [1.165, 1.54) is 5.56 Å². The molecule has 0 aliphatic heterocycles. The van der Waals surface area contributed by atoms with Crippen LogP contribution in [0.25, 0.3) is 0 Å². The van der Waals surface area contributed by atoms with Crippen molar-refractivity contribution in [3.8, 4) is 0 Å². The molecule has 2 aromatic carbocycles. The maximum atomic E-state index is 6.38. The Balaban J connectivity index is 2.34. The lowest BCUT2D eigenvalue weighted by Gasteiger charge is -2.21. The van der Waals surface area contributed by atoms with Crippen molar-refractivity contribution in [2.45, 2.75) is 32.2 Å². The van der Waals surface area contributed by atoms with Crippen molar-refractivity contribution in [2.75, 3.05) is 0 Å². The lowest BCUT2D eigenvalue weighted by atomic mass is 9.86. The topological polar surface area (TPSA) is 26.0 Å². The lowest BCUT2D eigenvalue weighted by Crippen LogP contribution is -2.15. The van der Waals surface area contributed by atoms with E-state index < -0.39 is 0 Å². The molecule has 1 atom stereocenters. The Labute approximate surface area is 139 Å². The van der Waals surface area contributed by atoms with Gasteiger partial charge in [-0.25, -0.2) is 0 Å². The molecule has 0 radical (unpaired) electrons. The van der Waals surface area contributed by atoms with Crippen molar-refractivity contribution in [1.82, 2.24) is 0 Å². The monoisotopic (exact) mass is 399 g/mol. The number of hydrogen-bond acceptors (Lipinski definition) is 1. The number of benzene rings is 2. The molecule has 3 heteroatoms. The first-order valence-electron chi connectivity index (χ1n) is 6.60. The molecule has 0 amide bonds. The van der Waals surface area contributed by atoms with Crippen molar-refractivity contribution in [2.24, 2.45) is 5.73 Å². The Morgan fingerprint density at radius 2 is 1.65 bits per heavy atom. The molecular formula is C17H19ClIN. The summed E-state index contributed by atoms with van der Waals surface area (Å²) in [5, 5.41) is 0.724. The highest BCUT2D eigenvalue weighted by atomic mass is 127. The minimum absolute atomic E-state index is 0.144. The second-order valence-corrected chi connectivity index (χ2v) is 7.61. The summed E-state index contributed by atoms with van der Waals surface area (Å²) in [7, 11) is 0. The number of rotatable bonds is 2. The lowest BCUT2D eigenvalue weighted by molar-refractivity contribution is 0.589. The Kier molecular flexibility index (Phi) is 4.77. The van der Waals surface area contributed by atoms with Gasteiger partial charge in [-0.2, -0.15) is 0 Å². The number of hydrogen-bond donors (Lipinski definition) is 1. The average molecular weight is 400 g/mol. The van der Waals surface area contributed by atoms with Crippen LogP contribution in [-0.2, 0) is 5.41 Å². The van der Waals surface area contributed by atoms with Gasteiger partial charge >= 0.3 is 0 Å². The molecule has 0 aliphatic carbocycles. The van der Waals surface area contributed by atoms with Gasteiger partial charge in [-0.1, -0.05) is 56.6 Å². The highest BCUT2D eigenvalue weighted by Gasteiger charge is 2.16. The maximum absolute atomic E-state index is 6.38. The third-order valence-corrected chi connectivity index (χ3v) is 4.65. The molecule has 0 saturated carbocycles. The first-order valence-corrected chi connectivity index (χ1v) is 8.05. The van der Waals surface area contributed by atoms with Gasteiger partial charge in [0.1, 0.15) is 0 Å². The summed E-state index contributed by atoms with van der Waals surface area (Å²) in [5.41, 5.74) is 10.0. The molecule has 2 N–H and O–H groups in total. The van der Waals surface area contributed by atoms with Gasteiger partial charge in [0.15, 0.2) is 0 Å². The molecule has 2 aromatic rings. The average Bonchev–Trinajstić information content (AvgIpc) is 2.40. The molecule has 1 unspecified atom stereocenters. The highest BCUT2D eigenvalue weighted by Crippen LogP contribution is 2.29. The standard InChI is InChI=1S/C17H19ClIN/c1-17(2,3)12-6-4-11(5-7-12)16(20)14-10-13(18)8-9-15(14)19/h4-10,16H,20H2,1-3H3. The minimum Gasteiger partial charge on any atom is -0.320 e. The first-order chi connectivity index (χ1) is 9.29. The molecule has 1 nitrogen and oxygen atoms in total. The minimum atomic E-state index is -0.144. The maximum Gasteiger partial charge on any atom is 0.0562 e. The van der Waals surface area contributed by atoms with Gasteiger partial charge in [-0.3, -0.25) is 0 Å². The molecule has 0 aromatic heterocycles. The van der Waals surface area contributed by atoms with Crippen LogP contribution in [0.15, 0.2) is 42.5 Å². The van der Waals surface area contributed by atoms with Crippen LogP contribution < -0.4 is 5.73 Å². The molecule has 0 saturated heterocycles. The van der Waals surface area contributed by atoms with Crippen LogP contribution in [0.2, 0.25) is 5.02 Å². The van der Waals surface area contributed by atoms with Crippen LogP contribution in [0.3, 0.4) is 0 Å². The van der Waals surface area contributed by atoms with E-state index in [0.29, 0.717) is 0 Å². The van der Waals surface area contributed by atoms with Crippen molar-refractivity contribution < 1.29 is 0 Å². The van der Waals surface area contributed by atoms with Gasteiger partial charge in [0.2, 0.25) is 0 Å². The van der Waals surface area contributed by atoms with Gasteiger partial charge in [-0.05, 0) is 62.9 Å². The molecule has 0 spiro atoms. The zero-order valence-corrected chi connectivity index (χ0v) is 14.9. The van der Waals surface area contributed by atoms with Crippen LogP contribution in [0.5, 0.6) is 0 Å². The molecule has 0 bridgehead atoms. The van der Waals surface area contributed by atoms with E-state index in [9.17, 15) is 0 Å². The summed E-state index contributed by atoms with van der Waals surface area (Å²) in [4.78, 5) is 0. The van der Waals surface area contributed by atoms with Gasteiger partial charge in [0, 0.05) is 8.59 Å². The fourth-order valence-corrected chi connectivity index (χ4v) is 2.97. The quantitative estimate of drug-likeness (QED) is 0.682. The Morgan fingerprint density at radius 1 is 1.05 bits per heavy atom. The van der Waals surface area contributed by atoms with E-state index in [1.54, 1.807) is 0 Å². The summed E-state index contributed by atoms with van der Waals surface area (Å²) >= 11 is 8.37. The van der Waals surface area contributed by atoms with Crippen molar-refractivity contribution >= 4 is 34.2 Å². The third-order valence-electron chi connectivity index (χ3n) is 3.43. The Morgan fingerprint density at radius 3 is 2.20 bits per heavy atom. The zero-order valence-electron chi connectivity index (χ0n) is 12.0. The predicted molar refractivity (Wildman–Crippen MR) is 95.3 cm³/mol. The largest absolute Gasteiger partial charge is 0.320 e. The second-order valence-electron chi connectivity index (χ2n) is 6.02. The molecule has 106 valence electrons. The van der Waals surface area contributed by atoms with E-state index in [2.05, 4.69) is 67.6 Å². The van der Waals surface area contributed by atoms with Crippen molar-refractivity contribution in [3.63, 3.8) is 0 Å². The molecule has 0 aliphatic rings. The molecule has 20 heavy (non-hydrogen) atoms.